The second-order valence-electron chi connectivity index (χ2n) is 5.50. The number of aryl methyl sites for hydroxylation is 1. The molecule has 1 fully saturated rings. The number of hydrogen-bond acceptors (Lipinski definition) is 2. The van der Waals surface area contributed by atoms with E-state index in [2.05, 4.69) is 0 Å². The maximum Gasteiger partial charge on any atom is 0.417 e. The molecule has 0 atom stereocenters. The predicted molar refractivity (Wildman–Crippen MR) is 76.6 cm³/mol. The first kappa shape index (κ1) is 17.1. The van der Waals surface area contributed by atoms with Crippen LogP contribution in [0.25, 0.3) is 0 Å². The summed E-state index contributed by atoms with van der Waals surface area (Å²) in [5.74, 6) is -0.218. The number of nitrogens with zero attached hydrogens (tertiary/aromatic N) is 1. The number of carbonyl (C=O) groups excluding carboxylic acids is 1. The van der Waals surface area contributed by atoms with Crippen molar-refractivity contribution in [2.75, 3.05) is 13.1 Å². The van der Waals surface area contributed by atoms with Crippen LogP contribution < -0.4 is 0 Å². The standard InChI is InChI=1S/C15H17ClF3NO2/c16-12-4-2-1-3-11(12)5-6-13(21)20-9-7-14(22,8-10-20)15(17,18)19/h1-4,22H,5-10H2. The normalized spacial score (nSPS) is 18.3. The Bertz CT molecular complexity index is 540. The van der Waals surface area contributed by atoms with Gasteiger partial charge in [-0.15, -0.1) is 0 Å². The molecule has 3 nitrogen and oxygen atoms in total. The zero-order valence-electron chi connectivity index (χ0n) is 11.9. The third-order valence-electron chi connectivity index (χ3n) is 4.04. The van der Waals surface area contributed by atoms with Gasteiger partial charge in [-0.1, -0.05) is 29.8 Å². The van der Waals surface area contributed by atoms with Crippen molar-refractivity contribution in [2.45, 2.75) is 37.5 Å². The Labute approximate surface area is 131 Å². The number of rotatable bonds is 3. The van der Waals surface area contributed by atoms with E-state index in [4.69, 9.17) is 11.6 Å². The lowest BCUT2D eigenvalue weighted by molar-refractivity contribution is -0.272. The molecule has 0 aromatic heterocycles. The van der Waals surface area contributed by atoms with Crippen molar-refractivity contribution in [3.05, 3.63) is 34.9 Å². The second kappa shape index (κ2) is 6.46. The van der Waals surface area contributed by atoms with Gasteiger partial charge in [0.05, 0.1) is 0 Å². The first-order chi connectivity index (χ1) is 10.2. The van der Waals surface area contributed by atoms with E-state index in [1.165, 1.54) is 4.90 Å². The molecule has 122 valence electrons. The van der Waals surface area contributed by atoms with Gasteiger partial charge in [-0.2, -0.15) is 13.2 Å². The third-order valence-corrected chi connectivity index (χ3v) is 4.41. The minimum Gasteiger partial charge on any atom is -0.380 e. The van der Waals surface area contributed by atoms with Crippen LogP contribution in [-0.2, 0) is 11.2 Å². The maximum absolute atomic E-state index is 12.7. The second-order valence-corrected chi connectivity index (χ2v) is 5.91. The van der Waals surface area contributed by atoms with Gasteiger partial charge in [0.25, 0.3) is 0 Å². The molecule has 1 aromatic rings. The zero-order valence-corrected chi connectivity index (χ0v) is 12.6. The summed E-state index contributed by atoms with van der Waals surface area (Å²) in [6.07, 6.45) is -4.98. The van der Waals surface area contributed by atoms with E-state index in [9.17, 15) is 23.1 Å². The van der Waals surface area contributed by atoms with Gasteiger partial charge in [0.1, 0.15) is 0 Å². The van der Waals surface area contributed by atoms with Crippen molar-refractivity contribution in [1.82, 2.24) is 4.90 Å². The van der Waals surface area contributed by atoms with Gasteiger partial charge in [-0.25, -0.2) is 0 Å². The molecule has 0 bridgehead atoms. The van der Waals surface area contributed by atoms with E-state index in [0.29, 0.717) is 11.4 Å². The highest BCUT2D eigenvalue weighted by molar-refractivity contribution is 6.31. The van der Waals surface area contributed by atoms with E-state index in [-0.39, 0.29) is 25.4 Å². The van der Waals surface area contributed by atoms with Gasteiger partial charge in [0.15, 0.2) is 5.60 Å². The summed E-state index contributed by atoms with van der Waals surface area (Å²) in [5, 5.41) is 10.1. The lowest BCUT2D eigenvalue weighted by Gasteiger charge is -2.39. The summed E-state index contributed by atoms with van der Waals surface area (Å²) in [4.78, 5) is 13.4. The molecule has 1 aliphatic heterocycles. The largest absolute Gasteiger partial charge is 0.417 e. The van der Waals surface area contributed by atoms with Gasteiger partial charge in [-0.3, -0.25) is 4.79 Å². The number of piperidine rings is 1. The smallest absolute Gasteiger partial charge is 0.380 e. The quantitative estimate of drug-likeness (QED) is 0.921. The van der Waals surface area contributed by atoms with Gasteiger partial charge in [-0.05, 0) is 18.1 Å². The van der Waals surface area contributed by atoms with Crippen LogP contribution in [0.4, 0.5) is 13.2 Å². The van der Waals surface area contributed by atoms with E-state index >= 15 is 0 Å². The van der Waals surface area contributed by atoms with Gasteiger partial charge >= 0.3 is 6.18 Å². The molecule has 22 heavy (non-hydrogen) atoms. The van der Waals surface area contributed by atoms with Crippen molar-refractivity contribution in [2.24, 2.45) is 0 Å². The Hall–Kier alpha value is -1.27. The molecule has 1 N–H and O–H groups in total. The number of aliphatic hydroxyl groups is 1. The Morgan fingerprint density at radius 2 is 1.86 bits per heavy atom. The number of benzene rings is 1. The summed E-state index contributed by atoms with van der Waals surface area (Å²) < 4.78 is 38.1. The van der Waals surface area contributed by atoms with Crippen LogP contribution in [0.2, 0.25) is 5.02 Å². The molecule has 7 heteroatoms. The average Bonchev–Trinajstić information content (AvgIpc) is 2.46. The molecule has 1 aliphatic rings. The van der Waals surface area contributed by atoms with Crippen molar-refractivity contribution >= 4 is 17.5 Å². The van der Waals surface area contributed by atoms with Crippen LogP contribution in [-0.4, -0.2) is 40.8 Å². The highest BCUT2D eigenvalue weighted by Crippen LogP contribution is 2.38. The zero-order chi connectivity index (χ0) is 16.4. The lowest BCUT2D eigenvalue weighted by Crippen LogP contribution is -2.54. The third kappa shape index (κ3) is 3.73. The van der Waals surface area contributed by atoms with Crippen LogP contribution in [0.3, 0.4) is 0 Å². The summed E-state index contributed by atoms with van der Waals surface area (Å²) >= 11 is 6.00. The molecule has 0 spiro atoms. The molecule has 0 aliphatic carbocycles. The molecular formula is C15H17ClF3NO2. The Morgan fingerprint density at radius 1 is 1.27 bits per heavy atom. The van der Waals surface area contributed by atoms with Crippen molar-refractivity contribution < 1.29 is 23.1 Å². The number of likely N-dealkylation sites (tertiary alicyclic amines) is 1. The first-order valence-corrected chi connectivity index (χ1v) is 7.41. The highest BCUT2D eigenvalue weighted by atomic mass is 35.5. The molecule has 1 saturated heterocycles. The van der Waals surface area contributed by atoms with Gasteiger partial charge < -0.3 is 10.0 Å². The minimum absolute atomic E-state index is 0.0859. The summed E-state index contributed by atoms with van der Waals surface area (Å²) in [6.45, 7) is -0.172. The van der Waals surface area contributed by atoms with E-state index in [1.54, 1.807) is 12.1 Å². The number of alkyl halides is 3. The van der Waals surface area contributed by atoms with Crippen LogP contribution in [0, 0.1) is 0 Å². The lowest BCUT2D eigenvalue weighted by atomic mass is 9.90. The SMILES string of the molecule is O=C(CCc1ccccc1Cl)N1CCC(O)(C(F)(F)F)CC1. The van der Waals surface area contributed by atoms with Crippen LogP contribution in [0.15, 0.2) is 24.3 Å². The molecule has 1 heterocycles. The maximum atomic E-state index is 12.7. The van der Waals surface area contributed by atoms with E-state index < -0.39 is 24.6 Å². The topological polar surface area (TPSA) is 40.5 Å². The van der Waals surface area contributed by atoms with E-state index in [1.807, 2.05) is 12.1 Å². The predicted octanol–water partition coefficient (Wildman–Crippen LogP) is 3.19. The van der Waals surface area contributed by atoms with Crippen LogP contribution >= 0.6 is 11.6 Å². The highest BCUT2D eigenvalue weighted by Gasteiger charge is 2.54. The fraction of sp³-hybridized carbons (Fsp3) is 0.533. The van der Waals surface area contributed by atoms with Gasteiger partial charge in [0.2, 0.25) is 5.91 Å². The molecule has 0 saturated carbocycles. The van der Waals surface area contributed by atoms with Crippen molar-refractivity contribution in [1.29, 1.82) is 0 Å². The van der Waals surface area contributed by atoms with Gasteiger partial charge in [0, 0.05) is 37.4 Å². The van der Waals surface area contributed by atoms with E-state index in [0.717, 1.165) is 5.56 Å². The van der Waals surface area contributed by atoms with Crippen molar-refractivity contribution in [3.8, 4) is 0 Å². The molecule has 1 aromatic carbocycles. The van der Waals surface area contributed by atoms with Crippen LogP contribution in [0.5, 0.6) is 0 Å². The van der Waals surface area contributed by atoms with Crippen LogP contribution in [0.1, 0.15) is 24.8 Å². The number of amides is 1. The fourth-order valence-corrected chi connectivity index (χ4v) is 2.74. The molecule has 0 radical (unpaired) electrons. The summed E-state index contributed by atoms with van der Waals surface area (Å²) in [5.41, 5.74) is -1.84. The molecule has 0 unspecified atom stereocenters. The summed E-state index contributed by atoms with van der Waals surface area (Å²) in [7, 11) is 0. The first-order valence-electron chi connectivity index (χ1n) is 7.03. The monoisotopic (exact) mass is 335 g/mol. The Morgan fingerprint density at radius 3 is 2.41 bits per heavy atom. The number of halogens is 4. The van der Waals surface area contributed by atoms with Crippen molar-refractivity contribution in [3.63, 3.8) is 0 Å². The Balaban J connectivity index is 1.87. The minimum atomic E-state index is -4.65. The molecule has 2 rings (SSSR count). The molecular weight excluding hydrogens is 319 g/mol. The molecule has 1 amide bonds. The number of carbonyl (C=O) groups is 1. The average molecular weight is 336 g/mol. The number of hydrogen-bond donors (Lipinski definition) is 1. The summed E-state index contributed by atoms with van der Waals surface area (Å²) in [6, 6.07) is 7.15. The fourth-order valence-electron chi connectivity index (χ4n) is 2.51. The Kier molecular flexibility index (Phi) is 5.02.